The fourth-order valence-corrected chi connectivity index (χ4v) is 2.19. The van der Waals surface area contributed by atoms with E-state index in [-0.39, 0.29) is 0 Å². The molecule has 5 heteroatoms. The first kappa shape index (κ1) is 12.3. The fraction of sp³-hybridized carbons (Fsp3) is 0.667. The molecule has 1 atom stereocenters. The molecule has 17 heavy (non-hydrogen) atoms. The molecule has 5 nitrogen and oxygen atoms in total. The van der Waals surface area contributed by atoms with Crippen LogP contribution in [0, 0.1) is 0 Å². The minimum atomic E-state index is 0.501. The second-order valence-electron chi connectivity index (χ2n) is 4.58. The Hall–Kier alpha value is -1.20. The first-order chi connectivity index (χ1) is 8.24. The molecular formula is C12H21N5. The number of hydrogen-bond donors (Lipinski definition) is 1. The zero-order chi connectivity index (χ0) is 12.3. The molecule has 1 aliphatic heterocycles. The first-order valence-corrected chi connectivity index (χ1v) is 6.20. The summed E-state index contributed by atoms with van der Waals surface area (Å²) in [4.78, 5) is 13.4. The third-order valence-corrected chi connectivity index (χ3v) is 3.46. The average Bonchev–Trinajstić information content (AvgIpc) is 2.39. The van der Waals surface area contributed by atoms with Gasteiger partial charge >= 0.3 is 0 Å². The van der Waals surface area contributed by atoms with Crippen LogP contribution in [0.1, 0.15) is 18.9 Å². The Labute approximate surface area is 103 Å². The van der Waals surface area contributed by atoms with Gasteiger partial charge in [-0.05, 0) is 13.5 Å². The Morgan fingerprint density at radius 2 is 2.06 bits per heavy atom. The Kier molecular flexibility index (Phi) is 3.91. The Morgan fingerprint density at radius 3 is 2.65 bits per heavy atom. The van der Waals surface area contributed by atoms with Crippen molar-refractivity contribution in [1.29, 1.82) is 0 Å². The molecule has 1 aromatic heterocycles. The summed E-state index contributed by atoms with van der Waals surface area (Å²) in [6.45, 7) is 5.80. The number of nitrogens with zero attached hydrogens (tertiary/aromatic N) is 4. The zero-order valence-electron chi connectivity index (χ0n) is 10.6. The summed E-state index contributed by atoms with van der Waals surface area (Å²) in [5, 5.41) is 0. The van der Waals surface area contributed by atoms with Gasteiger partial charge in [0.1, 0.15) is 0 Å². The number of hydrogen-bond acceptors (Lipinski definition) is 5. The number of anilines is 1. The highest BCUT2D eigenvalue weighted by Crippen LogP contribution is 2.15. The summed E-state index contributed by atoms with van der Waals surface area (Å²) in [7, 11) is 2.18. The summed E-state index contributed by atoms with van der Waals surface area (Å²) in [6, 6.07) is 0.599. The van der Waals surface area contributed by atoms with E-state index < -0.39 is 0 Å². The van der Waals surface area contributed by atoms with Gasteiger partial charge in [-0.2, -0.15) is 0 Å². The molecule has 0 saturated carbocycles. The van der Waals surface area contributed by atoms with Crippen molar-refractivity contribution in [3.63, 3.8) is 0 Å². The Bertz CT molecular complexity index is 350. The predicted molar refractivity (Wildman–Crippen MR) is 68.8 cm³/mol. The van der Waals surface area contributed by atoms with Crippen molar-refractivity contribution in [2.75, 3.05) is 31.6 Å². The lowest BCUT2D eigenvalue weighted by Gasteiger charge is -2.39. The Balaban J connectivity index is 2.06. The van der Waals surface area contributed by atoms with E-state index in [0.717, 1.165) is 37.6 Å². The van der Waals surface area contributed by atoms with E-state index in [1.54, 1.807) is 0 Å². The summed E-state index contributed by atoms with van der Waals surface area (Å²) in [5.41, 5.74) is 6.52. The third kappa shape index (κ3) is 2.73. The SMILES string of the molecule is CCC1CN(c2ncc(CN)cn2)CCN1C. The predicted octanol–water partition coefficient (Wildman–Crippen LogP) is 0.466. The van der Waals surface area contributed by atoms with Gasteiger partial charge in [0.15, 0.2) is 0 Å². The highest BCUT2D eigenvalue weighted by atomic mass is 15.3. The minimum Gasteiger partial charge on any atom is -0.338 e. The van der Waals surface area contributed by atoms with Crippen LogP contribution in [0.3, 0.4) is 0 Å². The number of piperazine rings is 1. The van der Waals surface area contributed by atoms with E-state index in [9.17, 15) is 0 Å². The lowest BCUT2D eigenvalue weighted by Crippen LogP contribution is -2.51. The van der Waals surface area contributed by atoms with Crippen LogP contribution in [0.4, 0.5) is 5.95 Å². The highest BCUT2D eigenvalue weighted by molar-refractivity contribution is 5.31. The van der Waals surface area contributed by atoms with Gasteiger partial charge in [-0.1, -0.05) is 6.92 Å². The second-order valence-corrected chi connectivity index (χ2v) is 4.58. The van der Waals surface area contributed by atoms with E-state index >= 15 is 0 Å². The van der Waals surface area contributed by atoms with Crippen LogP contribution < -0.4 is 10.6 Å². The smallest absolute Gasteiger partial charge is 0.225 e. The average molecular weight is 235 g/mol. The van der Waals surface area contributed by atoms with Crippen molar-refractivity contribution in [3.05, 3.63) is 18.0 Å². The minimum absolute atomic E-state index is 0.501. The van der Waals surface area contributed by atoms with Crippen LogP contribution in [-0.2, 0) is 6.54 Å². The van der Waals surface area contributed by atoms with Gasteiger partial charge < -0.3 is 10.6 Å². The molecule has 2 N–H and O–H groups in total. The van der Waals surface area contributed by atoms with E-state index in [0.29, 0.717) is 12.6 Å². The van der Waals surface area contributed by atoms with Crippen molar-refractivity contribution in [3.8, 4) is 0 Å². The van der Waals surface area contributed by atoms with Crippen LogP contribution in [0.25, 0.3) is 0 Å². The van der Waals surface area contributed by atoms with Crippen LogP contribution in [0.5, 0.6) is 0 Å². The molecule has 1 aliphatic rings. The monoisotopic (exact) mass is 235 g/mol. The lowest BCUT2D eigenvalue weighted by molar-refractivity contribution is 0.212. The van der Waals surface area contributed by atoms with Crippen molar-refractivity contribution in [2.24, 2.45) is 5.73 Å². The van der Waals surface area contributed by atoms with Crippen LogP contribution in [-0.4, -0.2) is 47.6 Å². The number of aromatic nitrogens is 2. The van der Waals surface area contributed by atoms with E-state index in [1.807, 2.05) is 12.4 Å². The molecule has 0 bridgehead atoms. The topological polar surface area (TPSA) is 58.3 Å². The van der Waals surface area contributed by atoms with Gasteiger partial charge in [-0.15, -0.1) is 0 Å². The Morgan fingerprint density at radius 1 is 1.35 bits per heavy atom. The molecular weight excluding hydrogens is 214 g/mol. The van der Waals surface area contributed by atoms with Crippen molar-refractivity contribution in [2.45, 2.75) is 25.9 Å². The molecule has 0 aromatic carbocycles. The second kappa shape index (κ2) is 5.42. The normalized spacial score (nSPS) is 21.8. The largest absolute Gasteiger partial charge is 0.338 e. The van der Waals surface area contributed by atoms with E-state index in [2.05, 4.69) is 33.7 Å². The van der Waals surface area contributed by atoms with Gasteiger partial charge in [-0.3, -0.25) is 4.90 Å². The molecule has 0 aliphatic carbocycles. The summed E-state index contributed by atoms with van der Waals surface area (Å²) < 4.78 is 0. The fourth-order valence-electron chi connectivity index (χ4n) is 2.19. The van der Waals surface area contributed by atoms with Crippen molar-refractivity contribution in [1.82, 2.24) is 14.9 Å². The standard InChI is InChI=1S/C12H21N5/c1-3-11-9-17(5-4-16(11)2)12-14-7-10(6-13)8-15-12/h7-8,11H,3-6,9,13H2,1-2H3. The maximum absolute atomic E-state index is 5.54. The van der Waals surface area contributed by atoms with E-state index in [1.165, 1.54) is 0 Å². The van der Waals surface area contributed by atoms with Gasteiger partial charge in [0.2, 0.25) is 5.95 Å². The third-order valence-electron chi connectivity index (χ3n) is 3.46. The molecule has 1 saturated heterocycles. The van der Waals surface area contributed by atoms with Gasteiger partial charge in [-0.25, -0.2) is 9.97 Å². The number of likely N-dealkylation sites (N-methyl/N-ethyl adjacent to an activating group) is 1. The molecule has 0 amide bonds. The first-order valence-electron chi connectivity index (χ1n) is 6.20. The molecule has 94 valence electrons. The zero-order valence-corrected chi connectivity index (χ0v) is 10.6. The van der Waals surface area contributed by atoms with Crippen molar-refractivity contribution < 1.29 is 0 Å². The molecule has 1 aromatic rings. The van der Waals surface area contributed by atoms with Crippen LogP contribution >= 0.6 is 0 Å². The lowest BCUT2D eigenvalue weighted by atomic mass is 10.1. The maximum atomic E-state index is 5.54. The summed E-state index contributed by atoms with van der Waals surface area (Å²) in [5.74, 6) is 0.828. The molecule has 2 heterocycles. The number of rotatable bonds is 3. The van der Waals surface area contributed by atoms with E-state index in [4.69, 9.17) is 5.73 Å². The summed E-state index contributed by atoms with van der Waals surface area (Å²) >= 11 is 0. The quantitative estimate of drug-likeness (QED) is 0.825. The molecule has 2 rings (SSSR count). The molecule has 1 fully saturated rings. The van der Waals surface area contributed by atoms with Crippen molar-refractivity contribution >= 4 is 5.95 Å². The maximum Gasteiger partial charge on any atom is 0.225 e. The van der Waals surface area contributed by atoms with Gasteiger partial charge in [0.25, 0.3) is 0 Å². The highest BCUT2D eigenvalue weighted by Gasteiger charge is 2.24. The van der Waals surface area contributed by atoms with Crippen LogP contribution in [0.15, 0.2) is 12.4 Å². The molecule has 1 unspecified atom stereocenters. The molecule has 0 spiro atoms. The number of nitrogens with two attached hydrogens (primary N) is 1. The van der Waals surface area contributed by atoms with Crippen LogP contribution in [0.2, 0.25) is 0 Å². The van der Waals surface area contributed by atoms with Gasteiger partial charge in [0.05, 0.1) is 0 Å². The molecule has 0 radical (unpaired) electrons. The summed E-state index contributed by atoms with van der Waals surface area (Å²) in [6.07, 6.45) is 4.80. The van der Waals surface area contributed by atoms with Gasteiger partial charge in [0, 0.05) is 50.2 Å².